The molecule has 3 atom stereocenters. The molecule has 1 nitrogen and oxygen atoms in total. The quantitative estimate of drug-likeness (QED) is 0.816. The van der Waals surface area contributed by atoms with Gasteiger partial charge < -0.3 is 5.32 Å². The summed E-state index contributed by atoms with van der Waals surface area (Å²) in [5.74, 6) is 0. The Balaban J connectivity index is 2.04. The molecule has 0 bridgehead atoms. The van der Waals surface area contributed by atoms with E-state index in [1.54, 1.807) is 0 Å². The van der Waals surface area contributed by atoms with Crippen molar-refractivity contribution >= 4 is 11.8 Å². The summed E-state index contributed by atoms with van der Waals surface area (Å²) in [6.07, 6.45) is 7.47. The molecule has 1 fully saturated rings. The molecule has 0 radical (unpaired) electrons. The minimum absolute atomic E-state index is 0.352. The van der Waals surface area contributed by atoms with Gasteiger partial charge in [0.25, 0.3) is 0 Å². The van der Waals surface area contributed by atoms with E-state index in [-0.39, 0.29) is 0 Å². The molecule has 1 aromatic carbocycles. The van der Waals surface area contributed by atoms with E-state index in [1.807, 2.05) is 11.8 Å². The Morgan fingerprint density at radius 2 is 1.90 bits per heavy atom. The molecular weight excluding hydrogens is 262 g/mol. The zero-order valence-corrected chi connectivity index (χ0v) is 14.2. The predicted molar refractivity (Wildman–Crippen MR) is 91.3 cm³/mol. The van der Waals surface area contributed by atoms with Gasteiger partial charge in [0, 0.05) is 17.3 Å². The highest BCUT2D eigenvalue weighted by Gasteiger charge is 2.28. The van der Waals surface area contributed by atoms with Gasteiger partial charge in [-0.2, -0.15) is 11.8 Å². The summed E-state index contributed by atoms with van der Waals surface area (Å²) in [5, 5.41) is 4.80. The summed E-state index contributed by atoms with van der Waals surface area (Å²) in [6.45, 7) is 7.01. The Bertz CT molecular complexity index is 396. The highest BCUT2D eigenvalue weighted by atomic mass is 32.2. The lowest BCUT2D eigenvalue weighted by Crippen LogP contribution is -2.33. The van der Waals surface area contributed by atoms with E-state index >= 15 is 0 Å². The van der Waals surface area contributed by atoms with Crippen LogP contribution in [0.3, 0.4) is 0 Å². The number of hydrogen-bond acceptors (Lipinski definition) is 2. The van der Waals surface area contributed by atoms with Crippen LogP contribution in [0.4, 0.5) is 0 Å². The molecule has 1 N–H and O–H groups in total. The average Bonchev–Trinajstić information content (AvgIpc) is 2.85. The van der Waals surface area contributed by atoms with Crippen LogP contribution in [-0.4, -0.2) is 17.5 Å². The zero-order chi connectivity index (χ0) is 14.6. The molecular formula is C18H29NS. The van der Waals surface area contributed by atoms with Crippen molar-refractivity contribution in [2.45, 2.75) is 63.8 Å². The second-order valence-electron chi connectivity index (χ2n) is 7.26. The van der Waals surface area contributed by atoms with Crippen LogP contribution in [-0.2, 0) is 0 Å². The molecule has 1 aliphatic carbocycles. The lowest BCUT2D eigenvalue weighted by molar-refractivity contribution is 0.293. The van der Waals surface area contributed by atoms with Crippen LogP contribution >= 0.6 is 11.8 Å². The van der Waals surface area contributed by atoms with E-state index in [0.717, 1.165) is 5.25 Å². The third-order valence-corrected chi connectivity index (χ3v) is 5.27. The average molecular weight is 292 g/mol. The van der Waals surface area contributed by atoms with Gasteiger partial charge in [0.05, 0.1) is 0 Å². The number of benzene rings is 1. The molecule has 20 heavy (non-hydrogen) atoms. The van der Waals surface area contributed by atoms with Crippen LogP contribution < -0.4 is 5.32 Å². The van der Waals surface area contributed by atoms with Gasteiger partial charge in [-0.25, -0.2) is 0 Å². The molecule has 1 saturated carbocycles. The van der Waals surface area contributed by atoms with Crippen molar-refractivity contribution in [2.75, 3.05) is 6.26 Å². The third kappa shape index (κ3) is 4.82. The summed E-state index contributed by atoms with van der Waals surface area (Å²) < 4.78 is 0. The Kier molecular flexibility index (Phi) is 5.57. The SMILES string of the molecule is CSC1CCC(NC(CC(C)(C)C)c2ccccc2)C1. The second-order valence-corrected chi connectivity index (χ2v) is 8.40. The van der Waals surface area contributed by atoms with Gasteiger partial charge in [-0.05, 0) is 42.9 Å². The van der Waals surface area contributed by atoms with E-state index in [4.69, 9.17) is 0 Å². The molecule has 1 aliphatic rings. The van der Waals surface area contributed by atoms with Crippen LogP contribution in [0.1, 0.15) is 58.1 Å². The fraction of sp³-hybridized carbons (Fsp3) is 0.667. The molecule has 1 aromatic rings. The van der Waals surface area contributed by atoms with Crippen LogP contribution in [0, 0.1) is 5.41 Å². The summed E-state index contributed by atoms with van der Waals surface area (Å²) in [7, 11) is 0. The first-order valence-electron chi connectivity index (χ1n) is 7.82. The smallest absolute Gasteiger partial charge is 0.0327 e. The summed E-state index contributed by atoms with van der Waals surface area (Å²) in [4.78, 5) is 0. The Hall–Kier alpha value is -0.470. The van der Waals surface area contributed by atoms with Crippen molar-refractivity contribution in [3.05, 3.63) is 35.9 Å². The highest BCUT2D eigenvalue weighted by molar-refractivity contribution is 7.99. The molecule has 0 heterocycles. The Labute approximate surface area is 128 Å². The zero-order valence-electron chi connectivity index (χ0n) is 13.4. The topological polar surface area (TPSA) is 12.0 Å². The summed E-state index contributed by atoms with van der Waals surface area (Å²) >= 11 is 2.03. The van der Waals surface area contributed by atoms with Crippen LogP contribution in [0.5, 0.6) is 0 Å². The van der Waals surface area contributed by atoms with Crippen molar-refractivity contribution in [1.29, 1.82) is 0 Å². The van der Waals surface area contributed by atoms with Gasteiger partial charge in [0.2, 0.25) is 0 Å². The standard InChI is InChI=1S/C18H29NS/c1-18(2,3)13-17(14-8-6-5-7-9-14)19-15-10-11-16(12-15)20-4/h5-9,15-17,19H,10-13H2,1-4H3. The van der Waals surface area contributed by atoms with E-state index in [9.17, 15) is 0 Å². The minimum Gasteiger partial charge on any atom is -0.307 e. The minimum atomic E-state index is 0.352. The van der Waals surface area contributed by atoms with Crippen LogP contribution in [0.2, 0.25) is 0 Å². The largest absolute Gasteiger partial charge is 0.307 e. The number of nitrogens with one attached hydrogen (secondary N) is 1. The van der Waals surface area contributed by atoms with Crippen LogP contribution in [0.25, 0.3) is 0 Å². The van der Waals surface area contributed by atoms with E-state index in [2.05, 4.69) is 62.7 Å². The van der Waals surface area contributed by atoms with Gasteiger partial charge in [-0.15, -0.1) is 0 Å². The molecule has 2 rings (SSSR count). The van der Waals surface area contributed by atoms with Crippen molar-refractivity contribution in [3.63, 3.8) is 0 Å². The van der Waals surface area contributed by atoms with Crippen LogP contribution in [0.15, 0.2) is 30.3 Å². The molecule has 3 unspecified atom stereocenters. The molecule has 0 saturated heterocycles. The number of rotatable bonds is 5. The Morgan fingerprint density at radius 3 is 2.45 bits per heavy atom. The van der Waals surface area contributed by atoms with Gasteiger partial charge in [-0.3, -0.25) is 0 Å². The van der Waals surface area contributed by atoms with Gasteiger partial charge >= 0.3 is 0 Å². The lowest BCUT2D eigenvalue weighted by Gasteiger charge is -2.30. The predicted octanol–water partition coefficient (Wildman–Crippen LogP) is 5.04. The molecule has 0 amide bonds. The number of hydrogen-bond donors (Lipinski definition) is 1. The highest BCUT2D eigenvalue weighted by Crippen LogP contribution is 2.33. The first-order chi connectivity index (χ1) is 9.48. The fourth-order valence-corrected chi connectivity index (χ4v) is 3.96. The maximum Gasteiger partial charge on any atom is 0.0327 e. The van der Waals surface area contributed by atoms with Crippen molar-refractivity contribution in [1.82, 2.24) is 5.32 Å². The monoisotopic (exact) mass is 291 g/mol. The molecule has 0 aromatic heterocycles. The van der Waals surface area contributed by atoms with Crippen molar-refractivity contribution in [2.24, 2.45) is 5.41 Å². The van der Waals surface area contributed by atoms with Gasteiger partial charge in [0.15, 0.2) is 0 Å². The summed E-state index contributed by atoms with van der Waals surface area (Å²) in [5.41, 5.74) is 1.79. The second kappa shape index (κ2) is 7.00. The van der Waals surface area contributed by atoms with E-state index in [0.29, 0.717) is 17.5 Å². The van der Waals surface area contributed by atoms with Crippen molar-refractivity contribution in [3.8, 4) is 0 Å². The molecule has 0 aliphatic heterocycles. The molecule has 0 spiro atoms. The third-order valence-electron chi connectivity index (χ3n) is 4.17. The van der Waals surface area contributed by atoms with E-state index in [1.165, 1.54) is 31.2 Å². The first-order valence-corrected chi connectivity index (χ1v) is 9.10. The molecule has 112 valence electrons. The fourth-order valence-electron chi connectivity index (χ4n) is 3.16. The van der Waals surface area contributed by atoms with E-state index < -0.39 is 0 Å². The summed E-state index contributed by atoms with van der Waals surface area (Å²) in [6, 6.07) is 12.1. The molecule has 2 heteroatoms. The maximum atomic E-state index is 3.94. The maximum absolute atomic E-state index is 3.94. The number of thioether (sulfide) groups is 1. The normalized spacial score (nSPS) is 24.8. The first kappa shape index (κ1) is 15.9. The Morgan fingerprint density at radius 1 is 1.20 bits per heavy atom. The van der Waals surface area contributed by atoms with Crippen molar-refractivity contribution < 1.29 is 0 Å². The lowest BCUT2D eigenvalue weighted by atomic mass is 9.85. The van der Waals surface area contributed by atoms with Gasteiger partial charge in [0.1, 0.15) is 0 Å². The van der Waals surface area contributed by atoms with Gasteiger partial charge in [-0.1, -0.05) is 51.1 Å².